The van der Waals surface area contributed by atoms with Crippen LogP contribution in [0.5, 0.6) is 0 Å². The zero-order valence-electron chi connectivity index (χ0n) is 21.2. The van der Waals surface area contributed by atoms with Gasteiger partial charge in [0, 0.05) is 6.42 Å². The van der Waals surface area contributed by atoms with E-state index in [0.29, 0.717) is 18.8 Å². The van der Waals surface area contributed by atoms with Crippen LogP contribution in [0.1, 0.15) is 72.6 Å². The smallest absolute Gasteiger partial charge is 0.261 e. The Morgan fingerprint density at radius 2 is 1.56 bits per heavy atom. The molecular weight excluding hydrogens is 438 g/mol. The van der Waals surface area contributed by atoms with Crippen molar-refractivity contribution in [2.24, 2.45) is 5.92 Å². The predicted octanol–water partition coefficient (Wildman–Crippen LogP) is 4.93. The third-order valence-corrected chi connectivity index (χ3v) is 12.7. The van der Waals surface area contributed by atoms with Gasteiger partial charge in [-0.05, 0) is 47.0 Å². The number of benzene rings is 2. The van der Waals surface area contributed by atoms with Gasteiger partial charge in [0.2, 0.25) is 0 Å². The van der Waals surface area contributed by atoms with Crippen LogP contribution in [-0.2, 0) is 4.43 Å². The van der Waals surface area contributed by atoms with E-state index in [9.17, 15) is 10.2 Å². The quantitative estimate of drug-likeness (QED) is 0.416. The fourth-order valence-corrected chi connectivity index (χ4v) is 10.5. The van der Waals surface area contributed by atoms with E-state index in [1.165, 1.54) is 10.4 Å². The van der Waals surface area contributed by atoms with Gasteiger partial charge >= 0.3 is 0 Å². The van der Waals surface area contributed by atoms with E-state index in [1.807, 2.05) is 12.1 Å². The normalized spacial score (nSPS) is 23.5. The highest BCUT2D eigenvalue weighted by atomic mass is 28.4. The van der Waals surface area contributed by atoms with Crippen LogP contribution in [-0.4, -0.2) is 36.3 Å². The maximum absolute atomic E-state index is 11.7. The molecule has 0 amide bonds. The Morgan fingerprint density at radius 1 is 1.00 bits per heavy atom. The van der Waals surface area contributed by atoms with E-state index in [2.05, 4.69) is 82.3 Å². The lowest BCUT2D eigenvalue weighted by molar-refractivity contribution is -0.123. The highest BCUT2D eigenvalue weighted by Gasteiger charge is 2.57. The standard InChI is InChI=1S/C29H41NO3Si/c1-23-13-11-20-29(21-19-23,27(32)26(31)18-12-22-30)33-34(28(2,3)4,24-14-7-5-8-15-24)25-16-9-6-10-17-25/h5-10,14-17,23,26-27,31-32H,11-13,18-21H2,1-4H3/t23?,26-,27-,29?/m1/s1. The van der Waals surface area contributed by atoms with Crippen molar-refractivity contribution in [3.05, 3.63) is 60.7 Å². The molecule has 1 saturated carbocycles. The number of hydrogen-bond acceptors (Lipinski definition) is 4. The van der Waals surface area contributed by atoms with Crippen LogP contribution < -0.4 is 10.4 Å². The molecule has 0 heterocycles. The number of rotatable bonds is 8. The summed E-state index contributed by atoms with van der Waals surface area (Å²) in [5.41, 5.74) is -0.870. The van der Waals surface area contributed by atoms with E-state index < -0.39 is 26.1 Å². The molecule has 1 aliphatic carbocycles. The van der Waals surface area contributed by atoms with Crippen molar-refractivity contribution in [3.8, 4) is 6.07 Å². The van der Waals surface area contributed by atoms with Crippen LogP contribution >= 0.6 is 0 Å². The maximum Gasteiger partial charge on any atom is 0.261 e. The van der Waals surface area contributed by atoms with Crippen LogP contribution in [0.15, 0.2) is 60.7 Å². The number of nitrogens with zero attached hydrogens (tertiary/aromatic N) is 1. The molecule has 2 N–H and O–H groups in total. The summed E-state index contributed by atoms with van der Waals surface area (Å²) in [5, 5.41) is 33.9. The zero-order chi connectivity index (χ0) is 24.8. The van der Waals surface area contributed by atoms with Gasteiger partial charge in [-0.15, -0.1) is 0 Å². The summed E-state index contributed by atoms with van der Waals surface area (Å²) >= 11 is 0. The molecule has 0 saturated heterocycles. The Labute approximate surface area is 206 Å². The highest BCUT2D eigenvalue weighted by Crippen LogP contribution is 2.45. The molecule has 1 aliphatic rings. The van der Waals surface area contributed by atoms with Crippen LogP contribution in [0, 0.1) is 17.2 Å². The summed E-state index contributed by atoms with van der Waals surface area (Å²) in [6.07, 6.45) is 2.80. The second kappa shape index (κ2) is 11.2. The summed E-state index contributed by atoms with van der Waals surface area (Å²) in [6.45, 7) is 8.98. The van der Waals surface area contributed by atoms with Crippen molar-refractivity contribution in [1.29, 1.82) is 5.26 Å². The first-order valence-corrected chi connectivity index (χ1v) is 14.6. The summed E-state index contributed by atoms with van der Waals surface area (Å²) in [5.74, 6) is 0.549. The van der Waals surface area contributed by atoms with Gasteiger partial charge in [-0.3, -0.25) is 0 Å². The topological polar surface area (TPSA) is 73.5 Å². The lowest BCUT2D eigenvalue weighted by Crippen LogP contribution is -2.71. The van der Waals surface area contributed by atoms with Crippen molar-refractivity contribution in [2.45, 2.75) is 95.5 Å². The monoisotopic (exact) mass is 479 g/mol. The minimum absolute atomic E-state index is 0.212. The molecule has 3 rings (SSSR count). The molecule has 4 nitrogen and oxygen atoms in total. The molecule has 34 heavy (non-hydrogen) atoms. The lowest BCUT2D eigenvalue weighted by atomic mass is 9.84. The van der Waals surface area contributed by atoms with Crippen molar-refractivity contribution in [3.63, 3.8) is 0 Å². The van der Waals surface area contributed by atoms with E-state index in [0.717, 1.165) is 19.3 Å². The molecular formula is C29H41NO3Si. The summed E-state index contributed by atoms with van der Waals surface area (Å²) in [4.78, 5) is 0. The second-order valence-electron chi connectivity index (χ2n) is 11.1. The zero-order valence-corrected chi connectivity index (χ0v) is 22.2. The van der Waals surface area contributed by atoms with Gasteiger partial charge in [-0.2, -0.15) is 5.26 Å². The molecule has 0 radical (unpaired) electrons. The Bertz CT molecular complexity index is 898. The van der Waals surface area contributed by atoms with E-state index >= 15 is 0 Å². The average Bonchev–Trinajstić information content (AvgIpc) is 3.02. The SMILES string of the molecule is CC1CCCC(O[Si](c2ccccc2)(c2ccccc2)C(C)(C)C)([C@H](O)[C@H](O)CCC#N)CC1. The summed E-state index contributed by atoms with van der Waals surface area (Å²) in [7, 11) is -2.93. The van der Waals surface area contributed by atoms with Crippen molar-refractivity contribution in [1.82, 2.24) is 0 Å². The fraction of sp³-hybridized carbons (Fsp3) is 0.552. The molecule has 2 unspecified atom stereocenters. The first kappa shape index (κ1) is 26.6. The number of aliphatic hydroxyl groups is 2. The molecule has 4 atom stereocenters. The molecule has 0 spiro atoms. The third kappa shape index (κ3) is 5.47. The average molecular weight is 480 g/mol. The predicted molar refractivity (Wildman–Crippen MR) is 141 cm³/mol. The first-order chi connectivity index (χ1) is 16.2. The number of nitriles is 1. The van der Waals surface area contributed by atoms with Gasteiger partial charge < -0.3 is 14.6 Å². The minimum Gasteiger partial charge on any atom is -0.399 e. The lowest BCUT2D eigenvalue weighted by Gasteiger charge is -2.51. The van der Waals surface area contributed by atoms with Crippen LogP contribution in [0.4, 0.5) is 0 Å². The van der Waals surface area contributed by atoms with Crippen molar-refractivity contribution in [2.75, 3.05) is 0 Å². The Hall–Kier alpha value is -1.97. The number of aliphatic hydroxyl groups excluding tert-OH is 2. The molecule has 2 aromatic carbocycles. The molecule has 2 aromatic rings. The van der Waals surface area contributed by atoms with Crippen molar-refractivity contribution < 1.29 is 14.6 Å². The van der Waals surface area contributed by atoms with Gasteiger partial charge in [-0.25, -0.2) is 0 Å². The van der Waals surface area contributed by atoms with Crippen LogP contribution in [0.25, 0.3) is 0 Å². The van der Waals surface area contributed by atoms with Gasteiger partial charge in [0.15, 0.2) is 0 Å². The van der Waals surface area contributed by atoms with E-state index in [-0.39, 0.29) is 17.9 Å². The highest BCUT2D eigenvalue weighted by molar-refractivity contribution is 6.99. The van der Waals surface area contributed by atoms with Gasteiger partial charge in [0.05, 0.1) is 17.8 Å². The summed E-state index contributed by atoms with van der Waals surface area (Å²) in [6, 6.07) is 23.1. The van der Waals surface area contributed by atoms with E-state index in [1.54, 1.807) is 0 Å². The fourth-order valence-electron chi connectivity index (χ4n) is 5.64. The molecule has 0 bridgehead atoms. The molecule has 0 aliphatic heterocycles. The van der Waals surface area contributed by atoms with Crippen LogP contribution in [0.2, 0.25) is 5.04 Å². The molecule has 184 valence electrons. The van der Waals surface area contributed by atoms with Crippen molar-refractivity contribution >= 4 is 18.7 Å². The Morgan fingerprint density at radius 3 is 2.06 bits per heavy atom. The van der Waals surface area contributed by atoms with Gasteiger partial charge in [0.1, 0.15) is 6.10 Å². The summed E-state index contributed by atoms with van der Waals surface area (Å²) < 4.78 is 7.54. The van der Waals surface area contributed by atoms with E-state index in [4.69, 9.17) is 9.69 Å². The second-order valence-corrected chi connectivity index (χ2v) is 15.3. The largest absolute Gasteiger partial charge is 0.399 e. The van der Waals surface area contributed by atoms with Gasteiger partial charge in [-0.1, -0.05) is 101 Å². The molecule has 1 fully saturated rings. The van der Waals surface area contributed by atoms with Gasteiger partial charge in [0.25, 0.3) is 8.32 Å². The first-order valence-electron chi connectivity index (χ1n) is 12.7. The third-order valence-electron chi connectivity index (χ3n) is 7.59. The minimum atomic E-state index is -2.93. The Kier molecular flexibility index (Phi) is 8.75. The Balaban J connectivity index is 2.21. The van der Waals surface area contributed by atoms with Crippen LogP contribution in [0.3, 0.4) is 0 Å². The molecule has 0 aromatic heterocycles. The maximum atomic E-state index is 11.7. The molecule has 5 heteroatoms. The number of hydrogen-bond donors (Lipinski definition) is 2.